The standard InChI is InChI=1S/C10H17NO2/c1-8-6-10(4-5-12-8)11-13-7-9-2-3-9/h8-9H,2-7H2,1H3/b11-10-. The molecule has 0 spiro atoms. The molecular weight excluding hydrogens is 166 g/mol. The van der Waals surface area contributed by atoms with E-state index in [1.807, 2.05) is 0 Å². The van der Waals surface area contributed by atoms with Gasteiger partial charge in [-0.3, -0.25) is 0 Å². The Morgan fingerprint density at radius 3 is 3.08 bits per heavy atom. The fourth-order valence-electron chi connectivity index (χ4n) is 1.47. The van der Waals surface area contributed by atoms with E-state index in [0.717, 1.165) is 32.0 Å². The van der Waals surface area contributed by atoms with E-state index in [-0.39, 0.29) is 0 Å². The maximum Gasteiger partial charge on any atom is 0.120 e. The summed E-state index contributed by atoms with van der Waals surface area (Å²) in [4.78, 5) is 5.28. The third kappa shape index (κ3) is 2.99. The molecule has 0 amide bonds. The van der Waals surface area contributed by atoms with Gasteiger partial charge < -0.3 is 9.57 Å². The molecule has 0 aromatic carbocycles. The Bertz CT molecular complexity index is 199. The van der Waals surface area contributed by atoms with E-state index in [2.05, 4.69) is 12.1 Å². The van der Waals surface area contributed by atoms with Gasteiger partial charge in [0.25, 0.3) is 0 Å². The summed E-state index contributed by atoms with van der Waals surface area (Å²) in [6.07, 6.45) is 4.84. The average Bonchev–Trinajstić information content (AvgIpc) is 2.88. The fraction of sp³-hybridized carbons (Fsp3) is 0.900. The van der Waals surface area contributed by atoms with Crippen molar-refractivity contribution >= 4 is 5.71 Å². The highest BCUT2D eigenvalue weighted by atomic mass is 16.6. The third-order valence-corrected chi connectivity index (χ3v) is 2.52. The maximum atomic E-state index is 5.41. The molecule has 3 heteroatoms. The summed E-state index contributed by atoms with van der Waals surface area (Å²) in [6.45, 7) is 3.70. The predicted molar refractivity (Wildman–Crippen MR) is 50.8 cm³/mol. The summed E-state index contributed by atoms with van der Waals surface area (Å²) in [6, 6.07) is 0. The van der Waals surface area contributed by atoms with Crippen molar-refractivity contribution in [3.63, 3.8) is 0 Å². The topological polar surface area (TPSA) is 30.8 Å². The van der Waals surface area contributed by atoms with Gasteiger partial charge in [-0.25, -0.2) is 0 Å². The zero-order valence-electron chi connectivity index (χ0n) is 8.16. The molecule has 0 aromatic rings. The lowest BCUT2D eigenvalue weighted by molar-refractivity contribution is 0.0584. The van der Waals surface area contributed by atoms with Gasteiger partial charge in [-0.1, -0.05) is 5.16 Å². The van der Waals surface area contributed by atoms with Crippen LogP contribution in [0.2, 0.25) is 0 Å². The first kappa shape index (κ1) is 9.00. The molecule has 0 bridgehead atoms. The number of ether oxygens (including phenoxy) is 1. The maximum absolute atomic E-state index is 5.41. The van der Waals surface area contributed by atoms with Gasteiger partial charge in [0.05, 0.1) is 18.4 Å². The summed E-state index contributed by atoms with van der Waals surface area (Å²) in [5.41, 5.74) is 1.17. The van der Waals surface area contributed by atoms with E-state index in [1.54, 1.807) is 0 Å². The van der Waals surface area contributed by atoms with Gasteiger partial charge in [-0.05, 0) is 25.7 Å². The molecule has 13 heavy (non-hydrogen) atoms. The van der Waals surface area contributed by atoms with E-state index in [9.17, 15) is 0 Å². The monoisotopic (exact) mass is 183 g/mol. The first-order chi connectivity index (χ1) is 6.34. The number of rotatable bonds is 3. The van der Waals surface area contributed by atoms with Crippen LogP contribution in [-0.2, 0) is 9.57 Å². The lowest BCUT2D eigenvalue weighted by atomic mass is 10.1. The Morgan fingerprint density at radius 2 is 2.38 bits per heavy atom. The smallest absolute Gasteiger partial charge is 0.120 e. The van der Waals surface area contributed by atoms with Crippen molar-refractivity contribution in [3.8, 4) is 0 Å². The van der Waals surface area contributed by atoms with Crippen molar-refractivity contribution < 1.29 is 9.57 Å². The quantitative estimate of drug-likeness (QED) is 0.626. The number of oxime groups is 1. The van der Waals surface area contributed by atoms with E-state index in [1.165, 1.54) is 18.6 Å². The molecular formula is C10H17NO2. The summed E-state index contributed by atoms with van der Waals surface area (Å²) in [5, 5.41) is 4.15. The second-order valence-electron chi connectivity index (χ2n) is 4.03. The predicted octanol–water partition coefficient (Wildman–Crippen LogP) is 1.97. The summed E-state index contributed by atoms with van der Waals surface area (Å²) in [7, 11) is 0. The molecule has 1 aliphatic carbocycles. The van der Waals surface area contributed by atoms with Gasteiger partial charge in [-0.2, -0.15) is 0 Å². The molecule has 1 heterocycles. The van der Waals surface area contributed by atoms with Crippen LogP contribution in [0.5, 0.6) is 0 Å². The van der Waals surface area contributed by atoms with E-state index < -0.39 is 0 Å². The average molecular weight is 183 g/mol. The SMILES string of the molecule is CC1C/C(=N\OCC2CC2)CCO1. The number of hydrogen-bond donors (Lipinski definition) is 0. The van der Waals surface area contributed by atoms with Crippen molar-refractivity contribution in [2.24, 2.45) is 11.1 Å². The molecule has 2 aliphatic rings. The Morgan fingerprint density at radius 1 is 1.54 bits per heavy atom. The van der Waals surface area contributed by atoms with E-state index in [0.29, 0.717) is 6.10 Å². The normalized spacial score (nSPS) is 32.1. The van der Waals surface area contributed by atoms with Gasteiger partial charge in [0.15, 0.2) is 0 Å². The molecule has 1 saturated carbocycles. The largest absolute Gasteiger partial charge is 0.396 e. The van der Waals surface area contributed by atoms with Gasteiger partial charge in [-0.15, -0.1) is 0 Å². The van der Waals surface area contributed by atoms with Crippen LogP contribution in [0.1, 0.15) is 32.6 Å². The van der Waals surface area contributed by atoms with Crippen LogP contribution < -0.4 is 0 Å². The highest BCUT2D eigenvalue weighted by Crippen LogP contribution is 2.28. The van der Waals surface area contributed by atoms with E-state index in [4.69, 9.17) is 9.57 Å². The summed E-state index contributed by atoms with van der Waals surface area (Å²) >= 11 is 0. The van der Waals surface area contributed by atoms with Gasteiger partial charge in [0, 0.05) is 12.8 Å². The highest BCUT2D eigenvalue weighted by Gasteiger charge is 2.22. The van der Waals surface area contributed by atoms with Crippen molar-refractivity contribution in [3.05, 3.63) is 0 Å². The van der Waals surface area contributed by atoms with Gasteiger partial charge >= 0.3 is 0 Å². The Labute approximate surface area is 79.1 Å². The highest BCUT2D eigenvalue weighted by molar-refractivity contribution is 5.84. The Balaban J connectivity index is 1.70. The van der Waals surface area contributed by atoms with Crippen molar-refractivity contribution in [1.82, 2.24) is 0 Å². The second-order valence-corrected chi connectivity index (χ2v) is 4.03. The molecule has 1 saturated heterocycles. The van der Waals surface area contributed by atoms with Crippen molar-refractivity contribution in [2.75, 3.05) is 13.2 Å². The Hall–Kier alpha value is -0.570. The van der Waals surface area contributed by atoms with E-state index >= 15 is 0 Å². The molecule has 0 N–H and O–H groups in total. The molecule has 2 rings (SSSR count). The van der Waals surface area contributed by atoms with Crippen LogP contribution in [0.3, 0.4) is 0 Å². The lowest BCUT2D eigenvalue weighted by Gasteiger charge is -2.19. The minimum Gasteiger partial charge on any atom is -0.396 e. The van der Waals surface area contributed by atoms with Crippen LogP contribution in [-0.4, -0.2) is 25.0 Å². The Kier molecular flexibility index (Phi) is 2.83. The summed E-state index contributed by atoms with van der Waals surface area (Å²) < 4.78 is 5.41. The lowest BCUT2D eigenvalue weighted by Crippen LogP contribution is -2.23. The van der Waals surface area contributed by atoms with Crippen molar-refractivity contribution in [2.45, 2.75) is 38.7 Å². The van der Waals surface area contributed by atoms with Gasteiger partial charge in [0.1, 0.15) is 6.61 Å². The molecule has 2 fully saturated rings. The van der Waals surface area contributed by atoms with Crippen molar-refractivity contribution in [1.29, 1.82) is 0 Å². The zero-order valence-corrected chi connectivity index (χ0v) is 8.16. The zero-order chi connectivity index (χ0) is 9.10. The number of hydrogen-bond acceptors (Lipinski definition) is 3. The van der Waals surface area contributed by atoms with Crippen LogP contribution in [0, 0.1) is 5.92 Å². The van der Waals surface area contributed by atoms with Gasteiger partial charge in [0.2, 0.25) is 0 Å². The second kappa shape index (κ2) is 4.09. The van der Waals surface area contributed by atoms with Crippen LogP contribution in [0.4, 0.5) is 0 Å². The first-order valence-corrected chi connectivity index (χ1v) is 5.14. The summed E-state index contributed by atoms with van der Waals surface area (Å²) in [5.74, 6) is 0.793. The molecule has 0 radical (unpaired) electrons. The number of nitrogens with zero attached hydrogens (tertiary/aromatic N) is 1. The molecule has 74 valence electrons. The molecule has 1 aliphatic heterocycles. The molecule has 3 nitrogen and oxygen atoms in total. The molecule has 1 unspecified atom stereocenters. The van der Waals surface area contributed by atoms with Crippen LogP contribution in [0.15, 0.2) is 5.16 Å². The minimum atomic E-state index is 0.317. The fourth-order valence-corrected chi connectivity index (χ4v) is 1.47. The van der Waals surface area contributed by atoms with Crippen LogP contribution in [0.25, 0.3) is 0 Å². The third-order valence-electron chi connectivity index (χ3n) is 2.52. The van der Waals surface area contributed by atoms with Crippen LogP contribution >= 0.6 is 0 Å². The molecule has 0 aromatic heterocycles. The first-order valence-electron chi connectivity index (χ1n) is 5.14. The molecule has 1 atom stereocenters. The minimum absolute atomic E-state index is 0.317.